The highest BCUT2D eigenvalue weighted by molar-refractivity contribution is 6.04. The van der Waals surface area contributed by atoms with Crippen LogP contribution in [0.3, 0.4) is 0 Å². The zero-order chi connectivity index (χ0) is 17.3. The monoisotopic (exact) mass is 319 g/mol. The summed E-state index contributed by atoms with van der Waals surface area (Å²) in [7, 11) is 2.95. The van der Waals surface area contributed by atoms with E-state index in [1.165, 1.54) is 12.0 Å². The van der Waals surface area contributed by atoms with Crippen LogP contribution >= 0.6 is 0 Å². The Kier molecular flexibility index (Phi) is 4.73. The van der Waals surface area contributed by atoms with E-state index in [-0.39, 0.29) is 18.1 Å². The third-order valence-corrected chi connectivity index (χ3v) is 4.06. The standard InChI is InChI=1S/C17H21NO5/c1-9-6-14-13(18(4)17(21)11(3)23-14)8-12(9)16(20)10(2)7-15(19)22-5/h6,8,10-11H,7H2,1-5H3. The normalized spacial score (nSPS) is 18.0. The van der Waals surface area contributed by atoms with Gasteiger partial charge in [0.15, 0.2) is 11.9 Å². The maximum Gasteiger partial charge on any atom is 0.306 e. The second-order valence-electron chi connectivity index (χ2n) is 5.84. The molecule has 1 aliphatic rings. The second-order valence-corrected chi connectivity index (χ2v) is 5.84. The Bertz CT molecular complexity index is 667. The van der Waals surface area contributed by atoms with Crippen molar-refractivity contribution in [1.82, 2.24) is 0 Å². The van der Waals surface area contributed by atoms with Gasteiger partial charge in [0.25, 0.3) is 5.91 Å². The molecule has 6 nitrogen and oxygen atoms in total. The summed E-state index contributed by atoms with van der Waals surface area (Å²) in [5, 5.41) is 0. The number of likely N-dealkylation sites (N-methyl/N-ethyl adjacent to an activating group) is 1. The lowest BCUT2D eigenvalue weighted by atomic mass is 9.92. The molecule has 0 spiro atoms. The van der Waals surface area contributed by atoms with Crippen LogP contribution in [0.5, 0.6) is 5.75 Å². The third kappa shape index (κ3) is 3.21. The van der Waals surface area contributed by atoms with Crippen molar-refractivity contribution in [1.29, 1.82) is 0 Å². The molecular weight excluding hydrogens is 298 g/mol. The predicted molar refractivity (Wildman–Crippen MR) is 84.8 cm³/mol. The number of methoxy groups -OCH3 is 1. The fourth-order valence-corrected chi connectivity index (χ4v) is 2.62. The number of anilines is 1. The number of carbonyl (C=O) groups excluding carboxylic acids is 3. The van der Waals surface area contributed by atoms with E-state index in [1.807, 2.05) is 6.92 Å². The first-order chi connectivity index (χ1) is 10.8. The Hall–Kier alpha value is -2.37. The van der Waals surface area contributed by atoms with Gasteiger partial charge in [-0.2, -0.15) is 0 Å². The fourth-order valence-electron chi connectivity index (χ4n) is 2.62. The van der Waals surface area contributed by atoms with Gasteiger partial charge in [-0.05, 0) is 31.5 Å². The van der Waals surface area contributed by atoms with Gasteiger partial charge >= 0.3 is 5.97 Å². The van der Waals surface area contributed by atoms with Crippen molar-refractivity contribution in [2.75, 3.05) is 19.1 Å². The van der Waals surface area contributed by atoms with E-state index in [0.717, 1.165) is 5.56 Å². The van der Waals surface area contributed by atoms with E-state index in [1.54, 1.807) is 33.0 Å². The van der Waals surface area contributed by atoms with Gasteiger partial charge in [-0.1, -0.05) is 6.92 Å². The molecule has 1 heterocycles. The number of rotatable bonds is 4. The molecule has 1 aromatic carbocycles. The maximum absolute atomic E-state index is 12.6. The summed E-state index contributed by atoms with van der Waals surface area (Å²) in [6.45, 7) is 5.18. The molecule has 0 saturated heterocycles. The Morgan fingerprint density at radius 3 is 2.65 bits per heavy atom. The Labute approximate surface area is 135 Å². The van der Waals surface area contributed by atoms with Crippen molar-refractivity contribution in [2.24, 2.45) is 5.92 Å². The number of amides is 1. The number of nitrogens with zero attached hydrogens (tertiary/aromatic N) is 1. The highest BCUT2D eigenvalue weighted by Gasteiger charge is 2.31. The van der Waals surface area contributed by atoms with Crippen molar-refractivity contribution < 1.29 is 23.9 Å². The zero-order valence-corrected chi connectivity index (χ0v) is 14.0. The number of esters is 1. The number of Topliss-reactive ketones (excluding diaryl/α,β-unsaturated/α-hetero) is 1. The molecule has 6 heteroatoms. The van der Waals surface area contributed by atoms with Gasteiger partial charge < -0.3 is 14.4 Å². The minimum atomic E-state index is -0.549. The minimum absolute atomic E-state index is 0.0220. The van der Waals surface area contributed by atoms with Crippen LogP contribution in [0.25, 0.3) is 0 Å². The van der Waals surface area contributed by atoms with Crippen molar-refractivity contribution in [3.63, 3.8) is 0 Å². The van der Waals surface area contributed by atoms with Gasteiger partial charge in [0.2, 0.25) is 0 Å². The molecule has 0 radical (unpaired) electrons. The highest BCUT2D eigenvalue weighted by Crippen LogP contribution is 2.36. The third-order valence-electron chi connectivity index (χ3n) is 4.06. The molecule has 1 amide bonds. The minimum Gasteiger partial charge on any atom is -0.479 e. The van der Waals surface area contributed by atoms with Crippen molar-refractivity contribution >= 4 is 23.3 Å². The van der Waals surface area contributed by atoms with Gasteiger partial charge in [-0.3, -0.25) is 14.4 Å². The van der Waals surface area contributed by atoms with E-state index >= 15 is 0 Å². The second kappa shape index (κ2) is 6.40. The topological polar surface area (TPSA) is 72.9 Å². The first-order valence-corrected chi connectivity index (χ1v) is 7.46. The number of ketones is 1. The molecule has 2 rings (SSSR count). The number of carbonyl (C=O) groups is 3. The van der Waals surface area contributed by atoms with Crippen LogP contribution in [0.2, 0.25) is 0 Å². The van der Waals surface area contributed by atoms with Gasteiger partial charge in [0.05, 0.1) is 19.2 Å². The molecule has 124 valence electrons. The lowest BCUT2D eigenvalue weighted by Crippen LogP contribution is -2.42. The van der Waals surface area contributed by atoms with Gasteiger partial charge in [0.1, 0.15) is 5.75 Å². The summed E-state index contributed by atoms with van der Waals surface area (Å²) >= 11 is 0. The molecule has 23 heavy (non-hydrogen) atoms. The molecular formula is C17H21NO5. The number of benzene rings is 1. The summed E-state index contributed by atoms with van der Waals surface area (Å²) in [5.41, 5.74) is 1.80. The van der Waals surface area contributed by atoms with E-state index in [2.05, 4.69) is 4.74 Å². The van der Waals surface area contributed by atoms with E-state index < -0.39 is 18.0 Å². The van der Waals surface area contributed by atoms with Crippen LogP contribution in [0.15, 0.2) is 12.1 Å². The average molecular weight is 319 g/mol. The van der Waals surface area contributed by atoms with Crippen LogP contribution in [0, 0.1) is 12.8 Å². The molecule has 2 unspecified atom stereocenters. The first kappa shape index (κ1) is 17.0. The molecule has 2 atom stereocenters. The molecule has 0 saturated carbocycles. The predicted octanol–water partition coefficient (Wildman–Crippen LogP) is 2.12. The quantitative estimate of drug-likeness (QED) is 0.628. The maximum atomic E-state index is 12.6. The molecule has 1 aliphatic heterocycles. The summed E-state index contributed by atoms with van der Waals surface area (Å²) in [6.07, 6.45) is -0.527. The van der Waals surface area contributed by atoms with Crippen LogP contribution in [0.4, 0.5) is 5.69 Å². The summed E-state index contributed by atoms with van der Waals surface area (Å²) < 4.78 is 10.2. The Morgan fingerprint density at radius 1 is 1.39 bits per heavy atom. The Balaban J connectivity index is 2.36. The van der Waals surface area contributed by atoms with E-state index in [4.69, 9.17) is 4.74 Å². The number of fused-ring (bicyclic) bond motifs is 1. The summed E-state index contributed by atoms with van der Waals surface area (Å²) in [6, 6.07) is 3.41. The SMILES string of the molecule is COC(=O)CC(C)C(=O)c1cc2c(cc1C)OC(C)C(=O)N2C. The van der Waals surface area contributed by atoms with Crippen LogP contribution < -0.4 is 9.64 Å². The smallest absolute Gasteiger partial charge is 0.306 e. The molecule has 0 aliphatic carbocycles. The van der Waals surface area contributed by atoms with Crippen molar-refractivity contribution in [3.8, 4) is 5.75 Å². The molecule has 0 fully saturated rings. The number of ether oxygens (including phenoxy) is 2. The highest BCUT2D eigenvalue weighted by atomic mass is 16.5. The number of hydrogen-bond donors (Lipinski definition) is 0. The molecule has 1 aromatic rings. The zero-order valence-electron chi connectivity index (χ0n) is 14.0. The number of hydrogen-bond acceptors (Lipinski definition) is 5. The molecule has 0 bridgehead atoms. The van der Waals surface area contributed by atoms with Crippen LogP contribution in [-0.2, 0) is 14.3 Å². The first-order valence-electron chi connectivity index (χ1n) is 7.46. The fraction of sp³-hybridized carbons (Fsp3) is 0.471. The summed E-state index contributed by atoms with van der Waals surface area (Å²) in [5.74, 6) is -0.665. The van der Waals surface area contributed by atoms with Gasteiger partial charge in [-0.25, -0.2) is 0 Å². The largest absolute Gasteiger partial charge is 0.479 e. The molecule has 0 aromatic heterocycles. The van der Waals surface area contributed by atoms with Crippen molar-refractivity contribution in [2.45, 2.75) is 33.3 Å². The van der Waals surface area contributed by atoms with Gasteiger partial charge in [0, 0.05) is 18.5 Å². The lowest BCUT2D eigenvalue weighted by Gasteiger charge is -2.31. The molecule has 0 N–H and O–H groups in total. The van der Waals surface area contributed by atoms with E-state index in [9.17, 15) is 14.4 Å². The number of aryl methyl sites for hydroxylation is 1. The van der Waals surface area contributed by atoms with Gasteiger partial charge in [-0.15, -0.1) is 0 Å². The van der Waals surface area contributed by atoms with Crippen LogP contribution in [-0.4, -0.2) is 37.9 Å². The van der Waals surface area contributed by atoms with E-state index in [0.29, 0.717) is 17.0 Å². The van der Waals surface area contributed by atoms with Crippen LogP contribution in [0.1, 0.15) is 36.2 Å². The Morgan fingerprint density at radius 2 is 2.04 bits per heavy atom. The lowest BCUT2D eigenvalue weighted by molar-refractivity contribution is -0.141. The van der Waals surface area contributed by atoms with Crippen molar-refractivity contribution in [3.05, 3.63) is 23.3 Å². The average Bonchev–Trinajstić information content (AvgIpc) is 2.51. The summed E-state index contributed by atoms with van der Waals surface area (Å²) in [4.78, 5) is 37.5.